The molecule has 2 N–H and O–H groups in total. The molecular formula is C12H21NO3. The number of rotatable bonds is 6. The molecule has 1 atom stereocenters. The van der Waals surface area contributed by atoms with Gasteiger partial charge in [-0.3, -0.25) is 0 Å². The van der Waals surface area contributed by atoms with E-state index in [4.69, 9.17) is 9.15 Å². The lowest BCUT2D eigenvalue weighted by Gasteiger charge is -2.22. The van der Waals surface area contributed by atoms with Crippen LogP contribution in [0.4, 0.5) is 0 Å². The highest BCUT2D eigenvalue weighted by atomic mass is 16.5. The zero-order valence-corrected chi connectivity index (χ0v) is 10.2. The predicted octanol–water partition coefficient (Wildman–Crippen LogP) is 1.55. The number of aliphatic hydroxyl groups is 1. The van der Waals surface area contributed by atoms with Crippen LogP contribution in [0.5, 0.6) is 0 Å². The van der Waals surface area contributed by atoms with Crippen molar-refractivity contribution in [2.24, 2.45) is 0 Å². The monoisotopic (exact) mass is 227 g/mol. The van der Waals surface area contributed by atoms with Gasteiger partial charge in [0.1, 0.15) is 0 Å². The molecule has 0 radical (unpaired) electrons. The molecule has 0 spiro atoms. The minimum Gasteiger partial charge on any atom is -0.472 e. The smallest absolute Gasteiger partial charge is 0.0947 e. The molecule has 0 aromatic carbocycles. The van der Waals surface area contributed by atoms with Gasteiger partial charge in [-0.15, -0.1) is 0 Å². The van der Waals surface area contributed by atoms with Crippen molar-refractivity contribution < 1.29 is 14.3 Å². The van der Waals surface area contributed by atoms with E-state index in [-0.39, 0.29) is 5.60 Å². The van der Waals surface area contributed by atoms with Crippen molar-refractivity contribution >= 4 is 0 Å². The quantitative estimate of drug-likeness (QED) is 0.774. The van der Waals surface area contributed by atoms with E-state index in [0.29, 0.717) is 19.7 Å². The zero-order valence-electron chi connectivity index (χ0n) is 10.2. The summed E-state index contributed by atoms with van der Waals surface area (Å²) < 4.78 is 10.4. The summed E-state index contributed by atoms with van der Waals surface area (Å²) in [6, 6.07) is 1.89. The van der Waals surface area contributed by atoms with Gasteiger partial charge in [0.2, 0.25) is 0 Å². The molecule has 0 fully saturated rings. The van der Waals surface area contributed by atoms with Crippen molar-refractivity contribution in [1.29, 1.82) is 0 Å². The maximum atomic E-state index is 9.63. The van der Waals surface area contributed by atoms with Crippen LogP contribution in [0.15, 0.2) is 23.0 Å². The van der Waals surface area contributed by atoms with Gasteiger partial charge in [-0.05, 0) is 26.8 Å². The first kappa shape index (κ1) is 13.2. The first-order chi connectivity index (χ1) is 7.47. The highest BCUT2D eigenvalue weighted by Gasteiger charge is 2.13. The van der Waals surface area contributed by atoms with Crippen LogP contribution in [-0.2, 0) is 11.3 Å². The Balaban J connectivity index is 2.09. The van der Waals surface area contributed by atoms with Crippen LogP contribution in [0.3, 0.4) is 0 Å². The van der Waals surface area contributed by atoms with E-state index >= 15 is 0 Å². The van der Waals surface area contributed by atoms with Crippen LogP contribution >= 0.6 is 0 Å². The Labute approximate surface area is 96.6 Å². The summed E-state index contributed by atoms with van der Waals surface area (Å²) in [6.07, 6.45) is 2.84. The Morgan fingerprint density at radius 2 is 2.25 bits per heavy atom. The fraction of sp³-hybridized carbons (Fsp3) is 0.667. The minimum atomic E-state index is -0.480. The van der Waals surface area contributed by atoms with Gasteiger partial charge in [0, 0.05) is 18.7 Å². The van der Waals surface area contributed by atoms with Crippen molar-refractivity contribution in [3.05, 3.63) is 24.2 Å². The molecule has 1 aromatic heterocycles. The van der Waals surface area contributed by atoms with Gasteiger partial charge in [-0.1, -0.05) is 0 Å². The van der Waals surface area contributed by atoms with Gasteiger partial charge < -0.3 is 19.6 Å². The molecule has 0 saturated heterocycles. The average Bonchev–Trinajstić information content (AvgIpc) is 2.66. The topological polar surface area (TPSA) is 54.6 Å². The Morgan fingerprint density at radius 1 is 1.50 bits per heavy atom. The molecule has 0 bridgehead atoms. The van der Waals surface area contributed by atoms with Crippen LogP contribution in [0, 0.1) is 0 Å². The van der Waals surface area contributed by atoms with Crippen LogP contribution < -0.4 is 5.32 Å². The van der Waals surface area contributed by atoms with Gasteiger partial charge in [0.25, 0.3) is 0 Å². The van der Waals surface area contributed by atoms with Crippen molar-refractivity contribution in [3.63, 3.8) is 0 Å². The Bertz CT molecular complexity index is 277. The lowest BCUT2D eigenvalue weighted by atomic mass is 10.2. The summed E-state index contributed by atoms with van der Waals surface area (Å²) in [5, 5.41) is 12.8. The van der Waals surface area contributed by atoms with Gasteiger partial charge in [0.05, 0.1) is 30.8 Å². The van der Waals surface area contributed by atoms with Crippen LogP contribution in [0.2, 0.25) is 0 Å². The maximum absolute atomic E-state index is 9.63. The van der Waals surface area contributed by atoms with Gasteiger partial charge in [-0.25, -0.2) is 0 Å². The van der Waals surface area contributed by atoms with Gasteiger partial charge >= 0.3 is 0 Å². The second-order valence-electron chi connectivity index (χ2n) is 4.84. The number of hydrogen-bond acceptors (Lipinski definition) is 4. The lowest BCUT2D eigenvalue weighted by molar-refractivity contribution is -0.0479. The molecule has 0 aliphatic carbocycles. The molecule has 1 heterocycles. The number of nitrogens with one attached hydrogen (secondary N) is 1. The van der Waals surface area contributed by atoms with Crippen molar-refractivity contribution in [1.82, 2.24) is 5.32 Å². The summed E-state index contributed by atoms with van der Waals surface area (Å²) in [4.78, 5) is 0. The number of ether oxygens (including phenoxy) is 1. The Hall–Kier alpha value is -0.840. The molecule has 0 aliphatic rings. The summed E-state index contributed by atoms with van der Waals surface area (Å²) in [6.45, 7) is 7.47. The first-order valence-corrected chi connectivity index (χ1v) is 5.51. The third-order valence-electron chi connectivity index (χ3n) is 2.00. The second-order valence-corrected chi connectivity index (χ2v) is 4.84. The third-order valence-corrected chi connectivity index (χ3v) is 2.00. The van der Waals surface area contributed by atoms with Crippen LogP contribution in [-0.4, -0.2) is 30.0 Å². The predicted molar refractivity (Wildman–Crippen MR) is 62.1 cm³/mol. The lowest BCUT2D eigenvalue weighted by Crippen LogP contribution is -2.33. The van der Waals surface area contributed by atoms with Crippen LogP contribution in [0.1, 0.15) is 26.3 Å². The second kappa shape index (κ2) is 6.03. The van der Waals surface area contributed by atoms with Gasteiger partial charge in [-0.2, -0.15) is 0 Å². The molecular weight excluding hydrogens is 206 g/mol. The molecule has 92 valence electrons. The van der Waals surface area contributed by atoms with E-state index in [1.54, 1.807) is 12.5 Å². The van der Waals surface area contributed by atoms with E-state index in [0.717, 1.165) is 5.56 Å². The normalized spacial score (nSPS) is 14.0. The fourth-order valence-electron chi connectivity index (χ4n) is 1.18. The fourth-order valence-corrected chi connectivity index (χ4v) is 1.18. The standard InChI is InChI=1S/C12H21NO3/c1-12(2,3)16-9-11(14)7-13-6-10-4-5-15-8-10/h4-5,8,11,13-14H,6-7,9H2,1-3H3. The van der Waals surface area contributed by atoms with Crippen molar-refractivity contribution in [2.45, 2.75) is 39.0 Å². The Kier molecular flexibility index (Phi) is 4.99. The van der Waals surface area contributed by atoms with E-state index < -0.39 is 6.10 Å². The summed E-state index contributed by atoms with van der Waals surface area (Å²) in [5.41, 5.74) is 0.870. The zero-order chi connectivity index (χ0) is 12.0. The highest BCUT2D eigenvalue weighted by Crippen LogP contribution is 2.06. The summed E-state index contributed by atoms with van der Waals surface area (Å²) >= 11 is 0. The molecule has 0 saturated carbocycles. The molecule has 0 amide bonds. The van der Waals surface area contributed by atoms with Crippen molar-refractivity contribution in [2.75, 3.05) is 13.2 Å². The van der Waals surface area contributed by atoms with Crippen molar-refractivity contribution in [3.8, 4) is 0 Å². The van der Waals surface area contributed by atoms with E-state index in [9.17, 15) is 5.11 Å². The number of hydrogen-bond donors (Lipinski definition) is 2. The number of furan rings is 1. The largest absolute Gasteiger partial charge is 0.472 e. The number of aliphatic hydroxyl groups excluding tert-OH is 1. The van der Waals surface area contributed by atoms with E-state index in [2.05, 4.69) is 5.32 Å². The SMILES string of the molecule is CC(C)(C)OCC(O)CNCc1ccoc1. The molecule has 1 aromatic rings. The van der Waals surface area contributed by atoms with E-state index in [1.807, 2.05) is 26.8 Å². The highest BCUT2D eigenvalue weighted by molar-refractivity contribution is 5.04. The third kappa shape index (κ3) is 5.90. The molecule has 4 heteroatoms. The minimum absolute atomic E-state index is 0.203. The molecule has 0 aliphatic heterocycles. The maximum Gasteiger partial charge on any atom is 0.0947 e. The Morgan fingerprint density at radius 3 is 2.81 bits per heavy atom. The summed E-state index contributed by atoms with van der Waals surface area (Å²) in [5.74, 6) is 0. The molecule has 16 heavy (non-hydrogen) atoms. The van der Waals surface area contributed by atoms with Crippen LogP contribution in [0.25, 0.3) is 0 Å². The average molecular weight is 227 g/mol. The van der Waals surface area contributed by atoms with E-state index in [1.165, 1.54) is 0 Å². The molecule has 1 rings (SSSR count). The molecule has 4 nitrogen and oxygen atoms in total. The summed E-state index contributed by atoms with van der Waals surface area (Å²) in [7, 11) is 0. The molecule has 1 unspecified atom stereocenters. The van der Waals surface area contributed by atoms with Gasteiger partial charge in [0.15, 0.2) is 0 Å². The first-order valence-electron chi connectivity index (χ1n) is 5.51.